The molecule has 2 rings (SSSR count). The lowest BCUT2D eigenvalue weighted by atomic mass is 10.1. The SMILES string of the molecule is CCCCNC(=NCc1ccc(CN2CCC(O)CC2)cc1)NCC.I. The first-order valence-corrected chi connectivity index (χ1v) is 9.71. The van der Waals surface area contributed by atoms with E-state index in [0.717, 1.165) is 57.9 Å². The van der Waals surface area contributed by atoms with E-state index in [2.05, 4.69) is 58.6 Å². The number of hydrogen-bond donors (Lipinski definition) is 3. The highest BCUT2D eigenvalue weighted by atomic mass is 127. The van der Waals surface area contributed by atoms with Gasteiger partial charge in [-0.2, -0.15) is 0 Å². The van der Waals surface area contributed by atoms with Gasteiger partial charge in [-0.15, -0.1) is 24.0 Å². The van der Waals surface area contributed by atoms with Crippen molar-refractivity contribution in [2.45, 2.75) is 58.7 Å². The van der Waals surface area contributed by atoms with E-state index in [-0.39, 0.29) is 30.1 Å². The Morgan fingerprint density at radius 1 is 1.12 bits per heavy atom. The van der Waals surface area contributed by atoms with Gasteiger partial charge in [-0.3, -0.25) is 4.90 Å². The molecule has 1 aromatic rings. The molecule has 0 spiro atoms. The van der Waals surface area contributed by atoms with Gasteiger partial charge in [-0.25, -0.2) is 4.99 Å². The number of aliphatic hydroxyl groups is 1. The van der Waals surface area contributed by atoms with Gasteiger partial charge in [0.15, 0.2) is 5.96 Å². The molecule has 0 unspecified atom stereocenters. The van der Waals surface area contributed by atoms with Crippen LogP contribution in [-0.4, -0.2) is 48.2 Å². The number of benzene rings is 1. The summed E-state index contributed by atoms with van der Waals surface area (Å²) in [5.74, 6) is 0.895. The van der Waals surface area contributed by atoms with Crippen LogP contribution in [0, 0.1) is 0 Å². The maximum atomic E-state index is 9.59. The summed E-state index contributed by atoms with van der Waals surface area (Å²) in [5.41, 5.74) is 2.56. The lowest BCUT2D eigenvalue weighted by molar-refractivity contribution is 0.0792. The number of piperidine rings is 1. The first-order chi connectivity index (χ1) is 12.2. The third-order valence-electron chi connectivity index (χ3n) is 4.57. The van der Waals surface area contributed by atoms with Crippen molar-refractivity contribution in [2.24, 2.45) is 4.99 Å². The highest BCUT2D eigenvalue weighted by Crippen LogP contribution is 2.14. The van der Waals surface area contributed by atoms with Crippen LogP contribution in [0.25, 0.3) is 0 Å². The van der Waals surface area contributed by atoms with E-state index in [0.29, 0.717) is 6.54 Å². The number of nitrogens with one attached hydrogen (secondary N) is 2. The van der Waals surface area contributed by atoms with Gasteiger partial charge in [0.2, 0.25) is 0 Å². The molecule has 148 valence electrons. The maximum Gasteiger partial charge on any atom is 0.191 e. The number of aliphatic hydroxyl groups excluding tert-OH is 1. The third kappa shape index (κ3) is 8.68. The Kier molecular flexibility index (Phi) is 11.9. The number of unbranched alkanes of at least 4 members (excludes halogenated alkanes) is 1. The number of likely N-dealkylation sites (tertiary alicyclic amines) is 1. The molecule has 1 fully saturated rings. The molecular weight excluding hydrogens is 439 g/mol. The van der Waals surface area contributed by atoms with Gasteiger partial charge in [0.1, 0.15) is 0 Å². The zero-order valence-corrected chi connectivity index (χ0v) is 18.5. The van der Waals surface area contributed by atoms with Crippen molar-refractivity contribution < 1.29 is 5.11 Å². The Balaban J connectivity index is 0.00000338. The van der Waals surface area contributed by atoms with Crippen LogP contribution >= 0.6 is 24.0 Å². The molecule has 1 heterocycles. The minimum absolute atomic E-state index is 0. The van der Waals surface area contributed by atoms with Crippen LogP contribution in [0.15, 0.2) is 29.3 Å². The summed E-state index contributed by atoms with van der Waals surface area (Å²) in [6, 6.07) is 8.75. The molecule has 0 radical (unpaired) electrons. The number of guanidine groups is 1. The van der Waals surface area contributed by atoms with Crippen molar-refractivity contribution in [3.8, 4) is 0 Å². The molecule has 1 aliphatic rings. The van der Waals surface area contributed by atoms with E-state index in [4.69, 9.17) is 0 Å². The van der Waals surface area contributed by atoms with Crippen molar-refractivity contribution in [3.63, 3.8) is 0 Å². The second kappa shape index (κ2) is 13.3. The minimum Gasteiger partial charge on any atom is -0.393 e. The Morgan fingerprint density at radius 2 is 1.77 bits per heavy atom. The van der Waals surface area contributed by atoms with Gasteiger partial charge in [0.05, 0.1) is 12.6 Å². The second-order valence-corrected chi connectivity index (χ2v) is 6.80. The summed E-state index contributed by atoms with van der Waals surface area (Å²) in [4.78, 5) is 7.08. The van der Waals surface area contributed by atoms with E-state index >= 15 is 0 Å². The van der Waals surface area contributed by atoms with Crippen LogP contribution in [0.5, 0.6) is 0 Å². The molecule has 5 nitrogen and oxygen atoms in total. The largest absolute Gasteiger partial charge is 0.393 e. The highest BCUT2D eigenvalue weighted by molar-refractivity contribution is 14.0. The third-order valence-corrected chi connectivity index (χ3v) is 4.57. The molecule has 1 aromatic carbocycles. The molecule has 0 saturated carbocycles. The summed E-state index contributed by atoms with van der Waals surface area (Å²) in [7, 11) is 0. The summed E-state index contributed by atoms with van der Waals surface area (Å²) in [6.45, 7) is 9.76. The quantitative estimate of drug-likeness (QED) is 0.235. The smallest absolute Gasteiger partial charge is 0.191 e. The van der Waals surface area contributed by atoms with Crippen LogP contribution in [0.1, 0.15) is 50.7 Å². The number of rotatable bonds is 8. The van der Waals surface area contributed by atoms with E-state index in [1.807, 2.05) is 0 Å². The van der Waals surface area contributed by atoms with Gasteiger partial charge in [0.25, 0.3) is 0 Å². The normalized spacial score (nSPS) is 16.2. The van der Waals surface area contributed by atoms with Crippen LogP contribution in [0.2, 0.25) is 0 Å². The Hall–Kier alpha value is -0.860. The number of nitrogens with zero attached hydrogens (tertiary/aromatic N) is 2. The lowest BCUT2D eigenvalue weighted by Crippen LogP contribution is -2.37. The standard InChI is InChI=1S/C20H34N4O.HI/c1-3-5-12-22-20(21-4-2)23-15-17-6-8-18(9-7-17)16-24-13-10-19(25)11-14-24;/h6-9,19,25H,3-5,10-16H2,1-2H3,(H2,21,22,23);1H. The van der Waals surface area contributed by atoms with Crippen molar-refractivity contribution in [3.05, 3.63) is 35.4 Å². The van der Waals surface area contributed by atoms with Crippen molar-refractivity contribution in [1.29, 1.82) is 0 Å². The molecule has 0 atom stereocenters. The van der Waals surface area contributed by atoms with E-state index < -0.39 is 0 Å². The number of hydrogen-bond acceptors (Lipinski definition) is 3. The maximum absolute atomic E-state index is 9.59. The van der Waals surface area contributed by atoms with Gasteiger partial charge in [-0.1, -0.05) is 37.6 Å². The van der Waals surface area contributed by atoms with E-state index in [9.17, 15) is 5.11 Å². The summed E-state index contributed by atoms with van der Waals surface area (Å²) in [6.07, 6.45) is 4.03. The van der Waals surface area contributed by atoms with Gasteiger partial charge in [0, 0.05) is 32.7 Å². The fourth-order valence-electron chi connectivity index (χ4n) is 2.98. The molecule has 6 heteroatoms. The number of halogens is 1. The molecule has 0 aliphatic carbocycles. The van der Waals surface area contributed by atoms with Gasteiger partial charge >= 0.3 is 0 Å². The summed E-state index contributed by atoms with van der Waals surface area (Å²) >= 11 is 0. The molecular formula is C20H35IN4O. The van der Waals surface area contributed by atoms with Gasteiger partial charge in [-0.05, 0) is 37.3 Å². The predicted octanol–water partition coefficient (Wildman–Crippen LogP) is 3.12. The number of aliphatic imine (C=N–C) groups is 1. The molecule has 0 amide bonds. The molecule has 1 aliphatic heterocycles. The van der Waals surface area contributed by atoms with Crippen LogP contribution in [0.4, 0.5) is 0 Å². The predicted molar refractivity (Wildman–Crippen MR) is 120 cm³/mol. The minimum atomic E-state index is -0.103. The first kappa shape index (κ1) is 23.2. The molecule has 26 heavy (non-hydrogen) atoms. The van der Waals surface area contributed by atoms with E-state index in [1.54, 1.807) is 0 Å². The fraction of sp³-hybridized carbons (Fsp3) is 0.650. The fourth-order valence-corrected chi connectivity index (χ4v) is 2.98. The first-order valence-electron chi connectivity index (χ1n) is 9.71. The average Bonchev–Trinajstić information content (AvgIpc) is 2.63. The summed E-state index contributed by atoms with van der Waals surface area (Å²) in [5, 5.41) is 16.3. The van der Waals surface area contributed by atoms with Crippen molar-refractivity contribution in [2.75, 3.05) is 26.2 Å². The Labute approximate surface area is 175 Å². The average molecular weight is 474 g/mol. The monoisotopic (exact) mass is 474 g/mol. The zero-order valence-electron chi connectivity index (χ0n) is 16.2. The topological polar surface area (TPSA) is 59.9 Å². The Morgan fingerprint density at radius 3 is 2.38 bits per heavy atom. The molecule has 0 bridgehead atoms. The van der Waals surface area contributed by atoms with Crippen molar-refractivity contribution in [1.82, 2.24) is 15.5 Å². The Bertz CT molecular complexity index is 513. The van der Waals surface area contributed by atoms with Crippen LogP contribution in [0.3, 0.4) is 0 Å². The zero-order chi connectivity index (χ0) is 17.9. The van der Waals surface area contributed by atoms with Gasteiger partial charge < -0.3 is 15.7 Å². The second-order valence-electron chi connectivity index (χ2n) is 6.80. The van der Waals surface area contributed by atoms with Crippen LogP contribution in [-0.2, 0) is 13.1 Å². The molecule has 3 N–H and O–H groups in total. The highest BCUT2D eigenvalue weighted by Gasteiger charge is 2.16. The summed E-state index contributed by atoms with van der Waals surface area (Å²) < 4.78 is 0. The lowest BCUT2D eigenvalue weighted by Gasteiger charge is -2.29. The van der Waals surface area contributed by atoms with E-state index in [1.165, 1.54) is 17.5 Å². The van der Waals surface area contributed by atoms with Crippen molar-refractivity contribution >= 4 is 29.9 Å². The molecule has 0 aromatic heterocycles. The molecule has 1 saturated heterocycles. The van der Waals surface area contributed by atoms with Crippen LogP contribution < -0.4 is 10.6 Å².